The third kappa shape index (κ3) is 3.92. The second-order valence-electron chi connectivity index (χ2n) is 4.91. The first kappa shape index (κ1) is 13.8. The van der Waals surface area contributed by atoms with Crippen LogP contribution in [0.2, 0.25) is 0 Å². The van der Waals surface area contributed by atoms with Crippen molar-refractivity contribution in [3.8, 4) is 0 Å². The van der Waals surface area contributed by atoms with Gasteiger partial charge in [-0.2, -0.15) is 0 Å². The minimum Gasteiger partial charge on any atom is -0.459 e. The smallest absolute Gasteiger partial charge is 0.342 e. The maximum absolute atomic E-state index is 12.0. The van der Waals surface area contributed by atoms with Crippen LogP contribution in [0, 0.1) is 0 Å². The summed E-state index contributed by atoms with van der Waals surface area (Å²) in [6, 6.07) is 3.66. The number of carbonyl (C=O) groups excluding carboxylic acids is 1. The van der Waals surface area contributed by atoms with Crippen molar-refractivity contribution in [2.45, 2.75) is 38.8 Å². The lowest BCUT2D eigenvalue weighted by molar-refractivity contribution is 0.0378. The van der Waals surface area contributed by atoms with Gasteiger partial charge in [0, 0.05) is 12.8 Å². The first-order chi connectivity index (χ1) is 9.16. The molecule has 1 aliphatic rings. The number of carbonyl (C=O) groups is 1. The van der Waals surface area contributed by atoms with Crippen LogP contribution in [0.3, 0.4) is 0 Å². The van der Waals surface area contributed by atoms with Crippen molar-refractivity contribution in [2.24, 2.45) is 0 Å². The lowest BCUT2D eigenvalue weighted by Gasteiger charge is -2.24. The van der Waals surface area contributed by atoms with E-state index in [1.165, 1.54) is 0 Å². The first-order valence-electron chi connectivity index (χ1n) is 6.67. The highest BCUT2D eigenvalue weighted by molar-refractivity contribution is 5.94. The molecule has 0 amide bonds. The van der Waals surface area contributed by atoms with Gasteiger partial charge in [-0.3, -0.25) is 0 Å². The highest BCUT2D eigenvalue weighted by Gasteiger charge is 2.19. The molecule has 2 heterocycles. The molecule has 104 valence electrons. The number of aromatic nitrogens is 1. The largest absolute Gasteiger partial charge is 0.459 e. The predicted molar refractivity (Wildman–Crippen MR) is 72.3 cm³/mol. The second kappa shape index (κ2) is 6.52. The van der Waals surface area contributed by atoms with Crippen LogP contribution in [0.1, 0.15) is 37.0 Å². The number of hydrogen-bond donors (Lipinski definition) is 1. The van der Waals surface area contributed by atoms with Gasteiger partial charge in [0.15, 0.2) is 0 Å². The summed E-state index contributed by atoms with van der Waals surface area (Å²) in [5.74, 6) is 0.228. The minimum atomic E-state index is -0.345. The van der Waals surface area contributed by atoms with E-state index in [4.69, 9.17) is 9.47 Å². The molecule has 5 nitrogen and oxygen atoms in total. The third-order valence-corrected chi connectivity index (χ3v) is 2.87. The standard InChI is InChI=1S/C14H20N2O3/c1-10(2)19-14(17)12-6-3-7-15-13(12)16-11-5-4-8-18-9-11/h3,6-7,10-11H,4-5,8-9H2,1-2H3,(H,15,16). The molecule has 2 rings (SSSR count). The highest BCUT2D eigenvalue weighted by atomic mass is 16.5. The normalized spacial score (nSPS) is 19.2. The van der Waals surface area contributed by atoms with Crippen molar-refractivity contribution in [1.29, 1.82) is 0 Å². The average molecular weight is 264 g/mol. The van der Waals surface area contributed by atoms with Crippen LogP contribution in [-0.2, 0) is 9.47 Å². The zero-order chi connectivity index (χ0) is 13.7. The molecule has 0 aromatic carbocycles. The van der Waals surface area contributed by atoms with Crippen molar-refractivity contribution in [1.82, 2.24) is 4.98 Å². The van der Waals surface area contributed by atoms with Gasteiger partial charge in [-0.25, -0.2) is 9.78 Å². The van der Waals surface area contributed by atoms with E-state index in [0.29, 0.717) is 18.0 Å². The third-order valence-electron chi connectivity index (χ3n) is 2.87. The number of rotatable bonds is 4. The van der Waals surface area contributed by atoms with Gasteiger partial charge in [0.25, 0.3) is 0 Å². The van der Waals surface area contributed by atoms with Crippen LogP contribution < -0.4 is 5.32 Å². The molecule has 1 unspecified atom stereocenters. The number of pyridine rings is 1. The van der Waals surface area contributed by atoms with Gasteiger partial charge in [-0.1, -0.05) is 0 Å². The first-order valence-corrected chi connectivity index (χ1v) is 6.67. The van der Waals surface area contributed by atoms with Crippen LogP contribution >= 0.6 is 0 Å². The van der Waals surface area contributed by atoms with E-state index in [-0.39, 0.29) is 18.1 Å². The zero-order valence-corrected chi connectivity index (χ0v) is 11.4. The molecule has 1 atom stereocenters. The van der Waals surface area contributed by atoms with Crippen molar-refractivity contribution in [2.75, 3.05) is 18.5 Å². The molecule has 1 saturated heterocycles. The number of ether oxygens (including phenoxy) is 2. The van der Waals surface area contributed by atoms with Gasteiger partial charge in [0.2, 0.25) is 0 Å². The molecular formula is C14H20N2O3. The summed E-state index contributed by atoms with van der Waals surface area (Å²) in [6.45, 7) is 5.12. The van der Waals surface area contributed by atoms with E-state index in [9.17, 15) is 4.79 Å². The molecule has 1 fully saturated rings. The second-order valence-corrected chi connectivity index (χ2v) is 4.91. The van der Waals surface area contributed by atoms with Gasteiger partial charge >= 0.3 is 5.97 Å². The molecule has 19 heavy (non-hydrogen) atoms. The van der Waals surface area contributed by atoms with E-state index in [2.05, 4.69) is 10.3 Å². The number of hydrogen-bond acceptors (Lipinski definition) is 5. The summed E-state index contributed by atoms with van der Waals surface area (Å²) in [5, 5.41) is 3.27. The van der Waals surface area contributed by atoms with Crippen LogP contribution in [0.5, 0.6) is 0 Å². The quantitative estimate of drug-likeness (QED) is 0.845. The fourth-order valence-corrected chi connectivity index (χ4v) is 2.01. The molecule has 1 aromatic heterocycles. The number of nitrogens with zero attached hydrogens (tertiary/aromatic N) is 1. The Hall–Kier alpha value is -1.62. The molecule has 0 radical (unpaired) electrons. The SMILES string of the molecule is CC(C)OC(=O)c1cccnc1NC1CCCOC1. The van der Waals surface area contributed by atoms with E-state index in [0.717, 1.165) is 19.4 Å². The fourth-order valence-electron chi connectivity index (χ4n) is 2.01. The molecule has 0 bridgehead atoms. The van der Waals surface area contributed by atoms with Crippen LogP contribution in [0.15, 0.2) is 18.3 Å². The van der Waals surface area contributed by atoms with E-state index in [1.54, 1.807) is 18.3 Å². The van der Waals surface area contributed by atoms with Gasteiger partial charge in [0.1, 0.15) is 11.4 Å². The number of anilines is 1. The number of esters is 1. The molecule has 1 aliphatic heterocycles. The summed E-state index contributed by atoms with van der Waals surface area (Å²) < 4.78 is 10.6. The Kier molecular flexibility index (Phi) is 4.74. The van der Waals surface area contributed by atoms with E-state index >= 15 is 0 Å². The Bertz CT molecular complexity index is 428. The van der Waals surface area contributed by atoms with E-state index in [1.807, 2.05) is 13.8 Å². The van der Waals surface area contributed by atoms with Crippen LogP contribution in [0.25, 0.3) is 0 Å². The van der Waals surface area contributed by atoms with Gasteiger partial charge < -0.3 is 14.8 Å². The molecular weight excluding hydrogens is 244 g/mol. The Morgan fingerprint density at radius 1 is 1.58 bits per heavy atom. The summed E-state index contributed by atoms with van der Waals surface area (Å²) in [5.41, 5.74) is 0.474. The van der Waals surface area contributed by atoms with Crippen LogP contribution in [0.4, 0.5) is 5.82 Å². The Morgan fingerprint density at radius 2 is 2.42 bits per heavy atom. The molecule has 0 aliphatic carbocycles. The van der Waals surface area contributed by atoms with Gasteiger partial charge in [-0.05, 0) is 38.8 Å². The fraction of sp³-hybridized carbons (Fsp3) is 0.571. The predicted octanol–water partition coefficient (Wildman–Crippen LogP) is 2.24. The summed E-state index contributed by atoms with van der Waals surface area (Å²) >= 11 is 0. The van der Waals surface area contributed by atoms with Gasteiger partial charge in [0.05, 0.1) is 18.8 Å². The van der Waals surface area contributed by atoms with Gasteiger partial charge in [-0.15, -0.1) is 0 Å². The molecule has 1 N–H and O–H groups in total. The Morgan fingerprint density at radius 3 is 3.11 bits per heavy atom. The molecule has 0 spiro atoms. The lowest BCUT2D eigenvalue weighted by Crippen LogP contribution is -2.31. The summed E-state index contributed by atoms with van der Waals surface area (Å²) in [4.78, 5) is 16.2. The Balaban J connectivity index is 2.09. The van der Waals surface area contributed by atoms with Crippen molar-refractivity contribution >= 4 is 11.8 Å². The monoisotopic (exact) mass is 264 g/mol. The average Bonchev–Trinajstić information content (AvgIpc) is 2.39. The maximum atomic E-state index is 12.0. The van der Waals surface area contributed by atoms with Crippen molar-refractivity contribution in [3.63, 3.8) is 0 Å². The summed E-state index contributed by atoms with van der Waals surface area (Å²) in [7, 11) is 0. The van der Waals surface area contributed by atoms with Crippen LogP contribution in [-0.4, -0.2) is 36.3 Å². The number of nitrogens with one attached hydrogen (secondary N) is 1. The van der Waals surface area contributed by atoms with Crippen molar-refractivity contribution < 1.29 is 14.3 Å². The zero-order valence-electron chi connectivity index (χ0n) is 11.4. The van der Waals surface area contributed by atoms with E-state index < -0.39 is 0 Å². The topological polar surface area (TPSA) is 60.5 Å². The lowest BCUT2D eigenvalue weighted by atomic mass is 10.1. The molecule has 1 aromatic rings. The van der Waals surface area contributed by atoms with Crippen molar-refractivity contribution in [3.05, 3.63) is 23.9 Å². The highest BCUT2D eigenvalue weighted by Crippen LogP contribution is 2.18. The molecule has 5 heteroatoms. The minimum absolute atomic E-state index is 0.140. The Labute approximate surface area is 113 Å². The molecule has 0 saturated carbocycles. The summed E-state index contributed by atoms with van der Waals surface area (Å²) in [6.07, 6.45) is 3.57. The maximum Gasteiger partial charge on any atom is 0.342 e.